The largest absolute Gasteiger partial charge is 0.390 e. The standard InChI is InChI=1S/C12H15N3/c1-8-9(2)15-6-5-14-12(15)10-3-4-13-7-11(8)10/h5-7,13-14H,3-4H2,1-2H3. The molecule has 3 aliphatic rings. The van der Waals surface area contributed by atoms with Crippen molar-refractivity contribution in [1.29, 1.82) is 0 Å². The lowest BCUT2D eigenvalue weighted by Gasteiger charge is -2.33. The van der Waals surface area contributed by atoms with E-state index in [4.69, 9.17) is 0 Å². The molecule has 3 heteroatoms. The summed E-state index contributed by atoms with van der Waals surface area (Å²) in [6, 6.07) is 0. The predicted molar refractivity (Wildman–Crippen MR) is 60.2 cm³/mol. The summed E-state index contributed by atoms with van der Waals surface area (Å²) in [5.74, 6) is 1.24. The van der Waals surface area contributed by atoms with Gasteiger partial charge in [0.25, 0.3) is 0 Å². The molecular formula is C12H15N3. The van der Waals surface area contributed by atoms with Crippen molar-refractivity contribution in [2.45, 2.75) is 20.3 Å². The van der Waals surface area contributed by atoms with E-state index in [1.807, 2.05) is 6.20 Å². The third kappa shape index (κ3) is 1.06. The zero-order chi connectivity index (χ0) is 10.4. The summed E-state index contributed by atoms with van der Waals surface area (Å²) in [5.41, 5.74) is 5.47. The lowest BCUT2D eigenvalue weighted by Crippen LogP contribution is -2.29. The van der Waals surface area contributed by atoms with Crippen LogP contribution in [0.25, 0.3) is 0 Å². The van der Waals surface area contributed by atoms with Gasteiger partial charge in [-0.05, 0) is 25.8 Å². The van der Waals surface area contributed by atoms with Crippen LogP contribution in [0.1, 0.15) is 20.3 Å². The second-order valence-corrected chi connectivity index (χ2v) is 4.13. The lowest BCUT2D eigenvalue weighted by molar-refractivity contribution is 0.540. The number of rotatable bonds is 0. The number of allylic oxidation sites excluding steroid dienone is 3. The molecule has 0 fully saturated rings. The molecule has 78 valence electrons. The highest BCUT2D eigenvalue weighted by molar-refractivity contribution is 5.55. The van der Waals surface area contributed by atoms with Gasteiger partial charge < -0.3 is 15.5 Å². The highest BCUT2D eigenvalue weighted by Crippen LogP contribution is 2.37. The van der Waals surface area contributed by atoms with Crippen LogP contribution in [0.2, 0.25) is 0 Å². The van der Waals surface area contributed by atoms with Crippen molar-refractivity contribution in [3.8, 4) is 0 Å². The van der Waals surface area contributed by atoms with E-state index in [2.05, 4.69) is 41.8 Å². The van der Waals surface area contributed by atoms with Gasteiger partial charge in [-0.1, -0.05) is 0 Å². The van der Waals surface area contributed by atoms with Crippen LogP contribution in [0.4, 0.5) is 0 Å². The Hall–Kier alpha value is -1.64. The Balaban J connectivity index is 2.19. The van der Waals surface area contributed by atoms with E-state index in [1.54, 1.807) is 0 Å². The average molecular weight is 201 g/mol. The van der Waals surface area contributed by atoms with Gasteiger partial charge in [-0.2, -0.15) is 0 Å². The maximum atomic E-state index is 3.33. The SMILES string of the molecule is CC1=C(C)N2C=CNC2=C2CCNC=C12. The summed E-state index contributed by atoms with van der Waals surface area (Å²) in [5, 5.41) is 6.65. The minimum atomic E-state index is 1.03. The quantitative estimate of drug-likeness (QED) is 0.625. The minimum absolute atomic E-state index is 1.03. The van der Waals surface area contributed by atoms with Gasteiger partial charge in [0.1, 0.15) is 5.82 Å². The number of hydrogen-bond donors (Lipinski definition) is 2. The van der Waals surface area contributed by atoms with E-state index in [0.717, 1.165) is 13.0 Å². The van der Waals surface area contributed by atoms with E-state index in [1.165, 1.54) is 28.2 Å². The molecule has 0 aliphatic carbocycles. The third-order valence-electron chi connectivity index (χ3n) is 3.37. The minimum Gasteiger partial charge on any atom is -0.390 e. The van der Waals surface area contributed by atoms with E-state index < -0.39 is 0 Å². The maximum absolute atomic E-state index is 3.33. The second-order valence-electron chi connectivity index (χ2n) is 4.13. The van der Waals surface area contributed by atoms with Crippen LogP contribution in [-0.2, 0) is 0 Å². The van der Waals surface area contributed by atoms with Gasteiger partial charge in [-0.25, -0.2) is 0 Å². The van der Waals surface area contributed by atoms with Crippen molar-refractivity contribution in [2.75, 3.05) is 6.54 Å². The Morgan fingerprint density at radius 2 is 2.20 bits per heavy atom. The Labute approximate surface area is 89.8 Å². The van der Waals surface area contributed by atoms with Crippen LogP contribution >= 0.6 is 0 Å². The van der Waals surface area contributed by atoms with Crippen molar-refractivity contribution in [3.05, 3.63) is 46.8 Å². The first-order chi connectivity index (χ1) is 7.29. The van der Waals surface area contributed by atoms with Crippen LogP contribution in [-0.4, -0.2) is 11.4 Å². The van der Waals surface area contributed by atoms with Gasteiger partial charge in [0.05, 0.1) is 0 Å². The Kier molecular flexibility index (Phi) is 1.69. The molecule has 0 aromatic heterocycles. The predicted octanol–water partition coefficient (Wildman–Crippen LogP) is 1.76. The number of nitrogens with one attached hydrogen (secondary N) is 2. The van der Waals surface area contributed by atoms with E-state index in [-0.39, 0.29) is 0 Å². The topological polar surface area (TPSA) is 27.3 Å². The molecule has 0 aromatic carbocycles. The van der Waals surface area contributed by atoms with Crippen LogP contribution in [0.5, 0.6) is 0 Å². The molecule has 0 radical (unpaired) electrons. The van der Waals surface area contributed by atoms with Gasteiger partial charge >= 0.3 is 0 Å². The first kappa shape index (κ1) is 8.65. The van der Waals surface area contributed by atoms with Crippen molar-refractivity contribution in [3.63, 3.8) is 0 Å². The highest BCUT2D eigenvalue weighted by Gasteiger charge is 2.28. The molecule has 0 bridgehead atoms. The molecule has 0 atom stereocenters. The average Bonchev–Trinajstić information content (AvgIpc) is 2.75. The molecule has 0 aromatic rings. The molecule has 3 nitrogen and oxygen atoms in total. The van der Waals surface area contributed by atoms with Gasteiger partial charge in [0, 0.05) is 42.0 Å². The summed E-state index contributed by atoms with van der Waals surface area (Å²) >= 11 is 0. The van der Waals surface area contributed by atoms with Gasteiger partial charge in [0.15, 0.2) is 0 Å². The van der Waals surface area contributed by atoms with E-state index >= 15 is 0 Å². The fourth-order valence-electron chi connectivity index (χ4n) is 2.40. The Morgan fingerprint density at radius 1 is 1.33 bits per heavy atom. The summed E-state index contributed by atoms with van der Waals surface area (Å²) in [6.45, 7) is 5.39. The van der Waals surface area contributed by atoms with E-state index in [0.29, 0.717) is 0 Å². The van der Waals surface area contributed by atoms with Crippen LogP contribution in [0.15, 0.2) is 46.8 Å². The number of fused-ring (bicyclic) bond motifs is 2. The van der Waals surface area contributed by atoms with Crippen molar-refractivity contribution < 1.29 is 0 Å². The molecule has 2 N–H and O–H groups in total. The smallest absolute Gasteiger partial charge is 0.118 e. The molecule has 15 heavy (non-hydrogen) atoms. The van der Waals surface area contributed by atoms with E-state index in [9.17, 15) is 0 Å². The van der Waals surface area contributed by atoms with Crippen LogP contribution in [0.3, 0.4) is 0 Å². The molecule has 3 rings (SSSR count). The van der Waals surface area contributed by atoms with Gasteiger partial charge in [0.2, 0.25) is 0 Å². The molecule has 0 amide bonds. The van der Waals surface area contributed by atoms with Gasteiger partial charge in [-0.3, -0.25) is 0 Å². The number of nitrogens with zero attached hydrogens (tertiary/aromatic N) is 1. The van der Waals surface area contributed by atoms with Crippen LogP contribution in [0, 0.1) is 0 Å². The summed E-state index contributed by atoms with van der Waals surface area (Å²) in [4.78, 5) is 2.24. The second kappa shape index (κ2) is 2.92. The monoisotopic (exact) mass is 201 g/mol. The Morgan fingerprint density at radius 3 is 3.07 bits per heavy atom. The zero-order valence-corrected chi connectivity index (χ0v) is 9.09. The molecule has 0 spiro atoms. The lowest BCUT2D eigenvalue weighted by atomic mass is 9.90. The summed E-state index contributed by atoms with van der Waals surface area (Å²) in [6.07, 6.45) is 7.34. The van der Waals surface area contributed by atoms with Crippen LogP contribution < -0.4 is 10.6 Å². The molecular weight excluding hydrogens is 186 g/mol. The number of hydrogen-bond acceptors (Lipinski definition) is 3. The first-order valence-electron chi connectivity index (χ1n) is 5.36. The molecule has 3 aliphatic heterocycles. The fraction of sp³-hybridized carbons (Fsp3) is 0.333. The summed E-state index contributed by atoms with van der Waals surface area (Å²) in [7, 11) is 0. The fourth-order valence-corrected chi connectivity index (χ4v) is 2.40. The molecule has 3 heterocycles. The van der Waals surface area contributed by atoms with Crippen molar-refractivity contribution in [1.82, 2.24) is 15.5 Å². The third-order valence-corrected chi connectivity index (χ3v) is 3.37. The highest BCUT2D eigenvalue weighted by atomic mass is 15.3. The van der Waals surface area contributed by atoms with Crippen molar-refractivity contribution >= 4 is 0 Å². The first-order valence-corrected chi connectivity index (χ1v) is 5.36. The Bertz CT molecular complexity index is 438. The maximum Gasteiger partial charge on any atom is 0.118 e. The zero-order valence-electron chi connectivity index (χ0n) is 9.09. The molecule has 0 saturated carbocycles. The molecule has 0 saturated heterocycles. The van der Waals surface area contributed by atoms with Gasteiger partial charge in [-0.15, -0.1) is 0 Å². The van der Waals surface area contributed by atoms with Crippen molar-refractivity contribution in [2.24, 2.45) is 0 Å². The summed E-state index contributed by atoms with van der Waals surface area (Å²) < 4.78 is 0. The molecule has 0 unspecified atom stereocenters. The normalized spacial score (nSPS) is 23.3.